The highest BCUT2D eigenvalue weighted by molar-refractivity contribution is 6.31. The Bertz CT molecular complexity index is 782. The maximum absolute atomic E-state index is 13.8. The average Bonchev–Trinajstić information content (AvgIpc) is 3.02. The number of amides is 2. The van der Waals surface area contributed by atoms with Crippen LogP contribution in [-0.4, -0.2) is 47.8 Å². The minimum atomic E-state index is -0.603. The first kappa shape index (κ1) is 16.5. The van der Waals surface area contributed by atoms with Gasteiger partial charge in [-0.15, -0.1) is 0 Å². The van der Waals surface area contributed by atoms with Gasteiger partial charge in [-0.3, -0.25) is 9.59 Å². The third-order valence-corrected chi connectivity index (χ3v) is 4.20. The number of aryl methyl sites for hydroxylation is 1. The number of nitrogens with zero attached hydrogens (tertiary/aromatic N) is 2. The minimum Gasteiger partial charge on any atom is -0.456 e. The maximum Gasteiger partial charge on any atom is 0.289 e. The largest absolute Gasteiger partial charge is 0.456 e. The fraction of sp³-hybridized carbons (Fsp3) is 0.294. The van der Waals surface area contributed by atoms with Crippen molar-refractivity contribution in [3.8, 4) is 0 Å². The molecule has 0 atom stereocenters. The predicted molar refractivity (Wildman–Crippen MR) is 86.7 cm³/mol. The number of halogens is 2. The Kier molecular flexibility index (Phi) is 4.57. The first-order valence-electron chi connectivity index (χ1n) is 7.56. The van der Waals surface area contributed by atoms with Gasteiger partial charge >= 0.3 is 0 Å². The molecule has 0 spiro atoms. The van der Waals surface area contributed by atoms with E-state index < -0.39 is 11.7 Å². The van der Waals surface area contributed by atoms with Gasteiger partial charge in [-0.2, -0.15) is 0 Å². The van der Waals surface area contributed by atoms with E-state index in [1.54, 1.807) is 24.0 Å². The van der Waals surface area contributed by atoms with E-state index in [-0.39, 0.29) is 17.2 Å². The summed E-state index contributed by atoms with van der Waals surface area (Å²) in [6.07, 6.45) is 0. The van der Waals surface area contributed by atoms with Crippen LogP contribution in [0.3, 0.4) is 0 Å². The van der Waals surface area contributed by atoms with E-state index in [2.05, 4.69) is 0 Å². The number of piperazine rings is 1. The third-order valence-electron chi connectivity index (χ3n) is 3.96. The Labute approximate surface area is 143 Å². The molecule has 1 fully saturated rings. The van der Waals surface area contributed by atoms with E-state index in [0.717, 1.165) is 0 Å². The van der Waals surface area contributed by atoms with Crippen LogP contribution in [0.4, 0.5) is 4.39 Å². The Morgan fingerprint density at radius 1 is 1.04 bits per heavy atom. The Morgan fingerprint density at radius 3 is 2.25 bits per heavy atom. The van der Waals surface area contributed by atoms with Crippen LogP contribution in [0.15, 0.2) is 34.7 Å². The molecule has 0 saturated carbocycles. The average molecular weight is 351 g/mol. The van der Waals surface area contributed by atoms with Crippen LogP contribution < -0.4 is 0 Å². The van der Waals surface area contributed by atoms with Gasteiger partial charge in [0.25, 0.3) is 11.8 Å². The molecular weight excluding hydrogens is 335 g/mol. The molecule has 3 rings (SSSR count). The van der Waals surface area contributed by atoms with Gasteiger partial charge < -0.3 is 14.2 Å². The van der Waals surface area contributed by atoms with Crippen LogP contribution in [0.1, 0.15) is 26.7 Å². The molecule has 1 aliphatic rings. The standard InChI is InChI=1S/C17H16ClFN2O3/c1-11-2-5-15(24-11)17(23)21-8-6-20(7-9-21)16(22)13-10-12(18)3-4-14(13)19/h2-5,10H,6-9H2,1H3. The second kappa shape index (κ2) is 6.65. The van der Waals surface area contributed by atoms with Crippen molar-refractivity contribution in [1.29, 1.82) is 0 Å². The SMILES string of the molecule is Cc1ccc(C(=O)N2CCN(C(=O)c3cc(Cl)ccc3F)CC2)o1. The van der Waals surface area contributed by atoms with E-state index in [1.165, 1.54) is 23.1 Å². The molecule has 1 aliphatic heterocycles. The molecule has 5 nitrogen and oxygen atoms in total. The second-order valence-corrected chi connectivity index (χ2v) is 6.06. The van der Waals surface area contributed by atoms with E-state index in [1.807, 2.05) is 0 Å². The van der Waals surface area contributed by atoms with Crippen molar-refractivity contribution in [1.82, 2.24) is 9.80 Å². The van der Waals surface area contributed by atoms with Gasteiger partial charge in [0.2, 0.25) is 0 Å². The summed E-state index contributed by atoms with van der Waals surface area (Å²) in [4.78, 5) is 27.9. The van der Waals surface area contributed by atoms with Gasteiger partial charge in [0, 0.05) is 31.2 Å². The van der Waals surface area contributed by atoms with Crippen LogP contribution in [0.5, 0.6) is 0 Å². The zero-order valence-corrected chi connectivity index (χ0v) is 13.8. The molecule has 0 unspecified atom stereocenters. The highest BCUT2D eigenvalue weighted by atomic mass is 35.5. The Hall–Kier alpha value is -2.34. The molecule has 0 N–H and O–H groups in total. The number of carbonyl (C=O) groups excluding carboxylic acids is 2. The quantitative estimate of drug-likeness (QED) is 0.836. The van der Waals surface area contributed by atoms with Crippen molar-refractivity contribution < 1.29 is 18.4 Å². The molecule has 0 bridgehead atoms. The molecule has 1 aromatic carbocycles. The molecule has 126 valence electrons. The molecular formula is C17H16ClFN2O3. The Morgan fingerprint density at radius 2 is 1.67 bits per heavy atom. The van der Waals surface area contributed by atoms with Gasteiger partial charge in [-0.05, 0) is 37.3 Å². The molecule has 1 saturated heterocycles. The summed E-state index contributed by atoms with van der Waals surface area (Å²) < 4.78 is 19.2. The van der Waals surface area contributed by atoms with Crippen molar-refractivity contribution in [2.75, 3.05) is 26.2 Å². The van der Waals surface area contributed by atoms with Crippen LogP contribution in [0.2, 0.25) is 5.02 Å². The van der Waals surface area contributed by atoms with Crippen molar-refractivity contribution in [3.63, 3.8) is 0 Å². The highest BCUT2D eigenvalue weighted by Crippen LogP contribution is 2.18. The molecule has 0 aliphatic carbocycles. The molecule has 1 aromatic heterocycles. The first-order valence-corrected chi connectivity index (χ1v) is 7.93. The van der Waals surface area contributed by atoms with Gasteiger partial charge in [-0.25, -0.2) is 4.39 Å². The zero-order chi connectivity index (χ0) is 17.3. The number of hydrogen-bond donors (Lipinski definition) is 0. The predicted octanol–water partition coefficient (Wildman–Crippen LogP) is 2.98. The third kappa shape index (κ3) is 3.28. The van der Waals surface area contributed by atoms with E-state index in [4.69, 9.17) is 16.0 Å². The van der Waals surface area contributed by atoms with E-state index in [9.17, 15) is 14.0 Å². The highest BCUT2D eigenvalue weighted by Gasteiger charge is 2.28. The fourth-order valence-electron chi connectivity index (χ4n) is 2.65. The smallest absolute Gasteiger partial charge is 0.289 e. The van der Waals surface area contributed by atoms with Crippen molar-refractivity contribution >= 4 is 23.4 Å². The molecule has 7 heteroatoms. The van der Waals surface area contributed by atoms with Crippen molar-refractivity contribution in [3.05, 3.63) is 58.3 Å². The van der Waals surface area contributed by atoms with E-state index in [0.29, 0.717) is 37.0 Å². The summed E-state index contributed by atoms with van der Waals surface area (Å²) in [5, 5.41) is 0.307. The number of furan rings is 1. The van der Waals surface area contributed by atoms with Crippen molar-refractivity contribution in [2.24, 2.45) is 0 Å². The first-order chi connectivity index (χ1) is 11.5. The Balaban J connectivity index is 1.65. The number of hydrogen-bond acceptors (Lipinski definition) is 3. The van der Waals surface area contributed by atoms with Crippen LogP contribution in [0, 0.1) is 12.7 Å². The van der Waals surface area contributed by atoms with Crippen LogP contribution in [0.25, 0.3) is 0 Å². The normalized spacial score (nSPS) is 14.8. The number of carbonyl (C=O) groups is 2. The summed E-state index contributed by atoms with van der Waals surface area (Å²) in [7, 11) is 0. The maximum atomic E-state index is 13.8. The summed E-state index contributed by atoms with van der Waals surface area (Å²) in [5.41, 5.74) is -0.0519. The summed E-state index contributed by atoms with van der Waals surface area (Å²) >= 11 is 5.83. The van der Waals surface area contributed by atoms with Crippen LogP contribution in [-0.2, 0) is 0 Å². The lowest BCUT2D eigenvalue weighted by Crippen LogP contribution is -2.50. The summed E-state index contributed by atoms with van der Waals surface area (Å²) in [6.45, 7) is 3.17. The minimum absolute atomic E-state index is 0.0519. The summed E-state index contributed by atoms with van der Waals surface area (Å²) in [6, 6.07) is 7.26. The van der Waals surface area contributed by atoms with Gasteiger partial charge in [0.1, 0.15) is 11.6 Å². The molecule has 2 heterocycles. The van der Waals surface area contributed by atoms with Gasteiger partial charge in [0.05, 0.1) is 5.56 Å². The zero-order valence-electron chi connectivity index (χ0n) is 13.1. The van der Waals surface area contributed by atoms with Crippen LogP contribution >= 0.6 is 11.6 Å². The summed E-state index contributed by atoms with van der Waals surface area (Å²) in [5.74, 6) is -0.272. The lowest BCUT2D eigenvalue weighted by Gasteiger charge is -2.34. The molecule has 0 radical (unpaired) electrons. The lowest BCUT2D eigenvalue weighted by molar-refractivity contribution is 0.0515. The van der Waals surface area contributed by atoms with E-state index >= 15 is 0 Å². The number of benzene rings is 1. The second-order valence-electron chi connectivity index (χ2n) is 5.62. The van der Waals surface area contributed by atoms with Gasteiger partial charge in [-0.1, -0.05) is 11.6 Å². The topological polar surface area (TPSA) is 53.8 Å². The molecule has 2 amide bonds. The lowest BCUT2D eigenvalue weighted by atomic mass is 10.1. The monoisotopic (exact) mass is 350 g/mol. The fourth-order valence-corrected chi connectivity index (χ4v) is 2.82. The molecule has 24 heavy (non-hydrogen) atoms. The van der Waals surface area contributed by atoms with Gasteiger partial charge in [0.15, 0.2) is 5.76 Å². The van der Waals surface area contributed by atoms with Crippen molar-refractivity contribution in [2.45, 2.75) is 6.92 Å². The number of rotatable bonds is 2. The molecule has 2 aromatic rings.